The van der Waals surface area contributed by atoms with Crippen molar-refractivity contribution in [2.24, 2.45) is 0 Å². The maximum absolute atomic E-state index is 5.60. The number of hydrogen-bond acceptors (Lipinski definition) is 1. The van der Waals surface area contributed by atoms with Crippen LogP contribution in [-0.4, -0.2) is 0 Å². The quantitative estimate of drug-likeness (QED) is 0.772. The zero-order valence-corrected chi connectivity index (χ0v) is 8.62. The first-order valence-electron chi connectivity index (χ1n) is 4.13. The molecule has 0 N–H and O–H groups in total. The number of para-hydroxylation sites is 1. The molecule has 0 unspecified atom stereocenters. The fourth-order valence-corrected chi connectivity index (χ4v) is 1.49. The predicted octanol–water partition coefficient (Wildman–Crippen LogP) is 3.88. The van der Waals surface area contributed by atoms with Gasteiger partial charge in [-0.2, -0.15) is 0 Å². The smallest absolute Gasteiger partial charge is 0.134 e. The van der Waals surface area contributed by atoms with Gasteiger partial charge in [-0.15, -0.1) is 0 Å². The Balaban J connectivity index is 2.38. The number of benzene rings is 1. The number of rotatable bonds is 2. The van der Waals surface area contributed by atoms with Crippen molar-refractivity contribution in [3.05, 3.63) is 47.2 Å². The number of halogens is 1. The second-order valence-corrected chi connectivity index (χ2v) is 3.35. The van der Waals surface area contributed by atoms with E-state index in [1.54, 1.807) is 0 Å². The summed E-state index contributed by atoms with van der Waals surface area (Å²) in [6.07, 6.45) is 2.84. The van der Waals surface area contributed by atoms with E-state index in [-0.39, 0.29) is 0 Å². The van der Waals surface area contributed by atoms with E-state index in [0.29, 0.717) is 0 Å². The summed E-state index contributed by atoms with van der Waals surface area (Å²) in [5.74, 6) is 0.997. The summed E-state index contributed by atoms with van der Waals surface area (Å²) >= 11 is 3.23. The van der Waals surface area contributed by atoms with Crippen LogP contribution in [-0.2, 0) is 6.42 Å². The van der Waals surface area contributed by atoms with Crippen LogP contribution in [0.1, 0.15) is 5.76 Å². The minimum atomic E-state index is 0.833. The van der Waals surface area contributed by atoms with Crippen molar-refractivity contribution in [2.75, 3.05) is 0 Å². The van der Waals surface area contributed by atoms with Gasteiger partial charge in [-0.05, 0) is 17.1 Å². The monoisotopic (exact) mass is 236 g/mol. The second-order valence-electron chi connectivity index (χ2n) is 2.82. The van der Waals surface area contributed by atoms with Crippen molar-refractivity contribution in [2.45, 2.75) is 6.42 Å². The molecule has 0 aliphatic heterocycles. The Kier molecular flexibility index (Phi) is 2.50. The van der Waals surface area contributed by atoms with Crippen molar-refractivity contribution in [1.82, 2.24) is 0 Å². The van der Waals surface area contributed by atoms with E-state index in [0.717, 1.165) is 17.8 Å². The lowest BCUT2D eigenvalue weighted by Crippen LogP contribution is -1.71. The molecule has 0 spiro atoms. The average molecular weight is 237 g/mol. The molecule has 2 rings (SSSR count). The summed E-state index contributed by atoms with van der Waals surface area (Å²) in [6, 6.07) is 10.1. The van der Waals surface area contributed by atoms with Crippen LogP contribution in [0, 0.1) is 0 Å². The molecule has 1 aromatic carbocycles. The lowest BCUT2D eigenvalue weighted by molar-refractivity contribution is 0.565. The number of allylic oxidation sites excluding steroid dienone is 1. The molecule has 2 aromatic rings. The van der Waals surface area contributed by atoms with Crippen molar-refractivity contribution >= 4 is 26.9 Å². The minimum absolute atomic E-state index is 0.833. The van der Waals surface area contributed by atoms with Crippen LogP contribution in [0.4, 0.5) is 0 Å². The van der Waals surface area contributed by atoms with Crippen LogP contribution in [0.25, 0.3) is 11.0 Å². The van der Waals surface area contributed by atoms with Gasteiger partial charge in [-0.25, -0.2) is 0 Å². The van der Waals surface area contributed by atoms with E-state index >= 15 is 0 Å². The Morgan fingerprint density at radius 2 is 2.15 bits per heavy atom. The van der Waals surface area contributed by atoms with Crippen molar-refractivity contribution in [3.63, 3.8) is 0 Å². The highest BCUT2D eigenvalue weighted by Crippen LogP contribution is 2.19. The molecule has 0 radical (unpaired) electrons. The third kappa shape index (κ3) is 1.83. The van der Waals surface area contributed by atoms with Crippen LogP contribution in [0.3, 0.4) is 0 Å². The lowest BCUT2D eigenvalue weighted by Gasteiger charge is -1.85. The summed E-state index contributed by atoms with van der Waals surface area (Å²) in [6.45, 7) is 0. The lowest BCUT2D eigenvalue weighted by atomic mass is 10.2. The van der Waals surface area contributed by atoms with E-state index in [1.165, 1.54) is 5.39 Å². The fraction of sp³-hybridized carbons (Fsp3) is 0.0909. The van der Waals surface area contributed by atoms with Gasteiger partial charge in [0.05, 0.1) is 0 Å². The first-order chi connectivity index (χ1) is 6.40. The molecule has 13 heavy (non-hydrogen) atoms. The van der Waals surface area contributed by atoms with E-state index in [1.807, 2.05) is 29.3 Å². The maximum atomic E-state index is 5.60. The molecule has 1 nitrogen and oxygen atoms in total. The Hall–Kier alpha value is -1.02. The van der Waals surface area contributed by atoms with Crippen LogP contribution < -0.4 is 0 Å². The van der Waals surface area contributed by atoms with Gasteiger partial charge in [-0.1, -0.05) is 40.2 Å². The molecule has 0 fully saturated rings. The third-order valence-corrected chi connectivity index (χ3v) is 2.26. The van der Waals surface area contributed by atoms with E-state index in [9.17, 15) is 0 Å². The highest BCUT2D eigenvalue weighted by molar-refractivity contribution is 9.11. The summed E-state index contributed by atoms with van der Waals surface area (Å²) in [4.78, 5) is 1.85. The number of hydrogen-bond donors (Lipinski definition) is 0. The Morgan fingerprint density at radius 1 is 1.31 bits per heavy atom. The number of fused-ring (bicyclic) bond motifs is 1. The second kappa shape index (κ2) is 3.79. The molecule has 1 aromatic heterocycles. The largest absolute Gasteiger partial charge is 0.461 e. The highest BCUT2D eigenvalue weighted by atomic mass is 79.9. The van der Waals surface area contributed by atoms with Crippen LogP contribution in [0.5, 0.6) is 0 Å². The highest BCUT2D eigenvalue weighted by Gasteiger charge is 1.99. The Morgan fingerprint density at radius 3 is 2.92 bits per heavy atom. The fourth-order valence-electron chi connectivity index (χ4n) is 1.30. The van der Waals surface area contributed by atoms with Crippen LogP contribution in [0.15, 0.2) is 45.8 Å². The summed E-state index contributed by atoms with van der Waals surface area (Å²) < 4.78 is 5.60. The first-order valence-corrected chi connectivity index (χ1v) is 5.04. The third-order valence-electron chi connectivity index (χ3n) is 1.88. The zero-order chi connectivity index (χ0) is 9.10. The number of furan rings is 1. The minimum Gasteiger partial charge on any atom is -0.461 e. The maximum Gasteiger partial charge on any atom is 0.134 e. The molecule has 0 saturated carbocycles. The van der Waals surface area contributed by atoms with Crippen LogP contribution in [0.2, 0.25) is 0 Å². The topological polar surface area (TPSA) is 13.1 Å². The van der Waals surface area contributed by atoms with E-state index < -0.39 is 0 Å². The standard InChI is InChI=1S/C11H9BrO/c12-7-3-5-10-8-9-4-1-2-6-11(9)13-10/h1-4,6-8H,5H2/b7-3+. The molecule has 0 aliphatic rings. The van der Waals surface area contributed by atoms with Gasteiger partial charge < -0.3 is 4.42 Å². The van der Waals surface area contributed by atoms with Gasteiger partial charge in [0, 0.05) is 11.8 Å². The van der Waals surface area contributed by atoms with Crippen molar-refractivity contribution in [3.8, 4) is 0 Å². The molecular formula is C11H9BrO. The summed E-state index contributed by atoms with van der Waals surface area (Å²) in [5.41, 5.74) is 0.959. The Labute approximate surface area is 85.2 Å². The first kappa shape index (κ1) is 8.57. The molecule has 66 valence electrons. The molecule has 0 atom stereocenters. The normalized spacial score (nSPS) is 11.5. The van der Waals surface area contributed by atoms with Gasteiger partial charge in [-0.3, -0.25) is 0 Å². The van der Waals surface area contributed by atoms with Gasteiger partial charge in [0.25, 0.3) is 0 Å². The molecule has 1 heterocycles. The average Bonchev–Trinajstić information content (AvgIpc) is 2.57. The van der Waals surface area contributed by atoms with Gasteiger partial charge >= 0.3 is 0 Å². The summed E-state index contributed by atoms with van der Waals surface area (Å²) in [7, 11) is 0. The molecule has 2 heteroatoms. The molecular weight excluding hydrogens is 228 g/mol. The molecule has 0 bridgehead atoms. The molecule has 0 amide bonds. The van der Waals surface area contributed by atoms with E-state index in [4.69, 9.17) is 4.42 Å². The Bertz CT molecular complexity index is 395. The molecule has 0 saturated heterocycles. The van der Waals surface area contributed by atoms with Crippen molar-refractivity contribution < 1.29 is 4.42 Å². The van der Waals surface area contributed by atoms with Gasteiger partial charge in [0.1, 0.15) is 11.3 Å². The SMILES string of the molecule is Br/C=C/Cc1cc2ccccc2o1. The van der Waals surface area contributed by atoms with Crippen LogP contribution >= 0.6 is 15.9 Å². The van der Waals surface area contributed by atoms with Gasteiger partial charge in [0.2, 0.25) is 0 Å². The van der Waals surface area contributed by atoms with Crippen molar-refractivity contribution in [1.29, 1.82) is 0 Å². The van der Waals surface area contributed by atoms with E-state index in [2.05, 4.69) is 28.1 Å². The molecule has 0 aliphatic carbocycles. The van der Waals surface area contributed by atoms with Gasteiger partial charge in [0.15, 0.2) is 0 Å². The predicted molar refractivity (Wildman–Crippen MR) is 58.0 cm³/mol. The zero-order valence-electron chi connectivity index (χ0n) is 7.03. The summed E-state index contributed by atoms with van der Waals surface area (Å²) in [5, 5.41) is 1.17.